The van der Waals surface area contributed by atoms with E-state index in [0.717, 1.165) is 13.0 Å². The molecule has 0 bridgehead atoms. The minimum absolute atomic E-state index is 0.303. The van der Waals surface area contributed by atoms with Crippen molar-refractivity contribution in [2.24, 2.45) is 11.7 Å². The van der Waals surface area contributed by atoms with Gasteiger partial charge in [-0.05, 0) is 75.0 Å². The number of benzene rings is 2. The molecule has 2 heterocycles. The van der Waals surface area contributed by atoms with Gasteiger partial charge in [-0.1, -0.05) is 43.2 Å². The maximum absolute atomic E-state index is 12.4. The molecule has 2 aliphatic heterocycles. The van der Waals surface area contributed by atoms with Gasteiger partial charge in [0.15, 0.2) is 0 Å². The normalized spacial score (nSPS) is 19.8. The lowest BCUT2D eigenvalue weighted by molar-refractivity contribution is 0.0999. The van der Waals surface area contributed by atoms with E-state index < -0.39 is 0 Å². The molecule has 158 valence electrons. The Bertz CT molecular complexity index is 949. The average molecular weight is 422 g/mol. The van der Waals surface area contributed by atoms with Gasteiger partial charge < -0.3 is 15.5 Å². The summed E-state index contributed by atoms with van der Waals surface area (Å²) in [6.07, 6.45) is 7.38. The van der Waals surface area contributed by atoms with Crippen molar-refractivity contribution in [1.82, 2.24) is 4.90 Å². The van der Waals surface area contributed by atoms with E-state index in [1.54, 1.807) is 0 Å². The molecule has 1 saturated carbocycles. The molecule has 1 atom stereocenters. The summed E-state index contributed by atoms with van der Waals surface area (Å²) in [5, 5.41) is 0. The third-order valence-electron chi connectivity index (χ3n) is 6.98. The van der Waals surface area contributed by atoms with Crippen molar-refractivity contribution >= 4 is 29.0 Å². The summed E-state index contributed by atoms with van der Waals surface area (Å²) >= 11 is 1.83. The number of carbonyl (C=O) groups is 1. The van der Waals surface area contributed by atoms with Crippen LogP contribution in [0.2, 0.25) is 0 Å². The first-order valence-corrected chi connectivity index (χ1v) is 12.2. The summed E-state index contributed by atoms with van der Waals surface area (Å²) < 4.78 is 0. The summed E-state index contributed by atoms with van der Waals surface area (Å²) in [7, 11) is 0. The number of nitrogens with zero attached hydrogens (tertiary/aromatic N) is 2. The maximum atomic E-state index is 12.4. The largest absolute Gasteiger partial charge is 0.366 e. The van der Waals surface area contributed by atoms with Crippen LogP contribution in [0, 0.1) is 5.92 Å². The average Bonchev–Trinajstić information content (AvgIpc) is 3.21. The lowest BCUT2D eigenvalue weighted by Crippen LogP contribution is -2.41. The van der Waals surface area contributed by atoms with Crippen molar-refractivity contribution in [1.29, 1.82) is 0 Å². The van der Waals surface area contributed by atoms with E-state index in [1.807, 2.05) is 17.8 Å². The maximum Gasteiger partial charge on any atom is 0.249 e. The Morgan fingerprint density at radius 3 is 2.57 bits per heavy atom. The van der Waals surface area contributed by atoms with Crippen molar-refractivity contribution < 1.29 is 4.79 Å². The quantitative estimate of drug-likeness (QED) is 0.695. The van der Waals surface area contributed by atoms with E-state index in [-0.39, 0.29) is 5.91 Å². The zero-order chi connectivity index (χ0) is 20.7. The molecule has 1 unspecified atom stereocenters. The van der Waals surface area contributed by atoms with E-state index in [2.05, 4.69) is 47.1 Å². The second kappa shape index (κ2) is 8.27. The summed E-state index contributed by atoms with van der Waals surface area (Å²) in [5.41, 5.74) is 10.2. The second-order valence-electron chi connectivity index (χ2n) is 9.10. The number of anilines is 2. The molecule has 4 nitrogen and oxygen atoms in total. The van der Waals surface area contributed by atoms with Crippen molar-refractivity contribution in [2.75, 3.05) is 24.5 Å². The smallest absolute Gasteiger partial charge is 0.249 e. The van der Waals surface area contributed by atoms with Gasteiger partial charge in [-0.3, -0.25) is 4.79 Å². The Hall–Kier alpha value is -1.98. The van der Waals surface area contributed by atoms with Crippen molar-refractivity contribution in [2.45, 2.75) is 61.3 Å². The van der Waals surface area contributed by atoms with Crippen LogP contribution >= 0.6 is 11.8 Å². The summed E-state index contributed by atoms with van der Waals surface area (Å²) in [4.78, 5) is 20.0. The first kappa shape index (κ1) is 20.0. The van der Waals surface area contributed by atoms with Crippen molar-refractivity contribution in [3.05, 3.63) is 47.5 Å². The third kappa shape index (κ3) is 3.63. The molecular weight excluding hydrogens is 390 g/mol. The number of hydrogen-bond donors (Lipinski definition) is 1. The Balaban J connectivity index is 1.62. The van der Waals surface area contributed by atoms with Gasteiger partial charge in [0.1, 0.15) is 0 Å². The molecule has 0 spiro atoms. The Morgan fingerprint density at radius 2 is 1.87 bits per heavy atom. The summed E-state index contributed by atoms with van der Waals surface area (Å²) in [6, 6.07) is 13.1. The second-order valence-corrected chi connectivity index (χ2v) is 10.2. The minimum atomic E-state index is -0.303. The van der Waals surface area contributed by atoms with Gasteiger partial charge in [-0.15, -0.1) is 0 Å². The van der Waals surface area contributed by atoms with Gasteiger partial charge >= 0.3 is 0 Å². The molecule has 5 heteroatoms. The van der Waals surface area contributed by atoms with E-state index in [9.17, 15) is 4.79 Å². The van der Waals surface area contributed by atoms with Crippen LogP contribution < -0.4 is 10.6 Å². The molecule has 2 N–H and O–H groups in total. The van der Waals surface area contributed by atoms with Gasteiger partial charge in [0.25, 0.3) is 0 Å². The molecule has 1 aliphatic carbocycles. The Kier molecular flexibility index (Phi) is 5.50. The number of rotatable bonds is 6. The number of likely N-dealkylation sites (tertiary alicyclic amines) is 1. The molecule has 30 heavy (non-hydrogen) atoms. The highest BCUT2D eigenvalue weighted by atomic mass is 32.2. The molecule has 1 saturated heterocycles. The highest BCUT2D eigenvalue weighted by Crippen LogP contribution is 2.52. The van der Waals surface area contributed by atoms with E-state index in [0.29, 0.717) is 17.5 Å². The van der Waals surface area contributed by atoms with Crippen LogP contribution in [0.25, 0.3) is 0 Å². The number of carbonyl (C=O) groups excluding carboxylic acids is 1. The highest BCUT2D eigenvalue weighted by molar-refractivity contribution is 7.99. The third-order valence-corrected chi connectivity index (χ3v) is 8.09. The van der Waals surface area contributed by atoms with Gasteiger partial charge in [0.2, 0.25) is 5.91 Å². The van der Waals surface area contributed by atoms with E-state index in [4.69, 9.17) is 5.73 Å². The Morgan fingerprint density at radius 1 is 1.10 bits per heavy atom. The summed E-state index contributed by atoms with van der Waals surface area (Å²) in [6.45, 7) is 5.76. The first-order valence-electron chi connectivity index (χ1n) is 11.4. The molecule has 2 fully saturated rings. The van der Waals surface area contributed by atoms with E-state index >= 15 is 0 Å². The van der Waals surface area contributed by atoms with Crippen LogP contribution in [0.15, 0.2) is 46.2 Å². The molecule has 2 aromatic carbocycles. The van der Waals surface area contributed by atoms with Crippen LogP contribution in [0.1, 0.15) is 54.9 Å². The SMILES string of the molecule is CC(CN1CCCC1)N1c2ccccc2Sc2ccc(C(N)=O)c(CC3CCC3)c21. The number of amides is 1. The number of primary amides is 1. The number of para-hydroxylation sites is 1. The molecule has 1 amide bonds. The van der Waals surface area contributed by atoms with Crippen molar-refractivity contribution in [3.8, 4) is 0 Å². The number of nitrogens with two attached hydrogens (primary N) is 1. The molecule has 3 aliphatic rings. The molecule has 2 aromatic rings. The fourth-order valence-electron chi connectivity index (χ4n) is 5.24. The zero-order valence-corrected chi connectivity index (χ0v) is 18.6. The molecule has 0 radical (unpaired) electrons. The first-order chi connectivity index (χ1) is 14.6. The standard InChI is InChI=1S/C25H31N3OS/c1-17(16-27-13-4-5-14-27)28-21-9-2-3-10-22(21)30-23-12-11-19(25(26)29)20(24(23)28)15-18-7-6-8-18/h2-3,9-12,17-18H,4-8,13-16H2,1H3,(H2,26,29). The van der Waals surface area contributed by atoms with Gasteiger partial charge in [-0.25, -0.2) is 0 Å². The lowest BCUT2D eigenvalue weighted by atomic mass is 9.79. The topological polar surface area (TPSA) is 49.6 Å². The summed E-state index contributed by atoms with van der Waals surface area (Å²) in [5.74, 6) is 0.371. The van der Waals surface area contributed by atoms with Crippen LogP contribution in [-0.2, 0) is 6.42 Å². The number of hydrogen-bond acceptors (Lipinski definition) is 4. The predicted octanol–water partition coefficient (Wildman–Crippen LogP) is 5.22. The van der Waals surface area contributed by atoms with Crippen LogP contribution in [0.4, 0.5) is 11.4 Å². The fraction of sp³-hybridized carbons (Fsp3) is 0.480. The lowest BCUT2D eigenvalue weighted by Gasteiger charge is -2.41. The predicted molar refractivity (Wildman–Crippen MR) is 124 cm³/mol. The zero-order valence-electron chi connectivity index (χ0n) is 17.8. The monoisotopic (exact) mass is 421 g/mol. The van der Waals surface area contributed by atoms with Gasteiger partial charge in [-0.2, -0.15) is 0 Å². The van der Waals surface area contributed by atoms with Crippen LogP contribution in [0.3, 0.4) is 0 Å². The molecule has 5 rings (SSSR count). The fourth-order valence-corrected chi connectivity index (χ4v) is 6.35. The minimum Gasteiger partial charge on any atom is -0.366 e. The molecule has 0 aromatic heterocycles. The van der Waals surface area contributed by atoms with Crippen LogP contribution in [-0.4, -0.2) is 36.5 Å². The molecular formula is C25H31N3OS. The van der Waals surface area contributed by atoms with Gasteiger partial charge in [0, 0.05) is 27.9 Å². The Labute approximate surface area is 183 Å². The van der Waals surface area contributed by atoms with Gasteiger partial charge in [0.05, 0.1) is 11.4 Å². The number of fused-ring (bicyclic) bond motifs is 2. The van der Waals surface area contributed by atoms with Crippen LogP contribution in [0.5, 0.6) is 0 Å². The van der Waals surface area contributed by atoms with Crippen molar-refractivity contribution in [3.63, 3.8) is 0 Å². The van der Waals surface area contributed by atoms with E-state index in [1.165, 1.54) is 71.9 Å². The highest BCUT2D eigenvalue weighted by Gasteiger charge is 2.33.